The molecule has 44 heavy (non-hydrogen) atoms. The van der Waals surface area contributed by atoms with Crippen molar-refractivity contribution in [3.63, 3.8) is 0 Å². The Morgan fingerprint density at radius 3 is 1.23 bits per heavy atom. The monoisotopic (exact) mass is 574 g/mol. The van der Waals surface area contributed by atoms with Crippen molar-refractivity contribution >= 4 is 34.1 Å². The Bertz CT molecular complexity index is 2140. The second-order valence-corrected chi connectivity index (χ2v) is 11.0. The summed E-state index contributed by atoms with van der Waals surface area (Å²) in [6.45, 7) is 0. The molecule has 0 amide bonds. The summed E-state index contributed by atoms with van der Waals surface area (Å²) in [4.78, 5) is 4.41. The predicted octanol–water partition coefficient (Wildman–Crippen LogP) is 10.7. The van der Waals surface area contributed by atoms with Crippen LogP contribution in [0.3, 0.4) is 0 Å². The fourth-order valence-corrected chi connectivity index (χ4v) is 6.54. The van der Waals surface area contributed by atoms with Gasteiger partial charge < -0.3 is 23.7 Å². The quantitative estimate of drug-likeness (QED) is 0.204. The van der Waals surface area contributed by atoms with Crippen LogP contribution in [0, 0.1) is 0 Å². The zero-order chi connectivity index (χ0) is 28.9. The van der Waals surface area contributed by atoms with Gasteiger partial charge in [0.2, 0.25) is 0 Å². The van der Waals surface area contributed by atoms with Gasteiger partial charge in [-0.3, -0.25) is 9.80 Å². The van der Waals surface area contributed by atoms with E-state index in [-0.39, 0.29) is 0 Å². The molecule has 0 bridgehead atoms. The maximum absolute atomic E-state index is 6.56. The highest BCUT2D eigenvalue weighted by Crippen LogP contribution is 2.63. The van der Waals surface area contributed by atoms with Gasteiger partial charge in [-0.15, -0.1) is 0 Å². The van der Waals surface area contributed by atoms with Crippen LogP contribution in [-0.4, -0.2) is 7.11 Å². The molecule has 0 saturated heterocycles. The van der Waals surface area contributed by atoms with Gasteiger partial charge in [-0.05, 0) is 83.9 Å². The highest BCUT2D eigenvalue weighted by atomic mass is 16.5. The molecule has 4 heterocycles. The Hall–Kier alpha value is -6.08. The summed E-state index contributed by atoms with van der Waals surface area (Å²) in [5, 5.41) is 0. The van der Waals surface area contributed by atoms with Crippen LogP contribution in [0.25, 0.3) is 11.1 Å². The molecule has 0 aliphatic carbocycles. The smallest absolute Gasteiger partial charge is 0.156 e. The van der Waals surface area contributed by atoms with E-state index in [0.29, 0.717) is 28.7 Å². The number of nitrogens with zero attached hydrogens (tertiary/aromatic N) is 2. The van der Waals surface area contributed by atoms with E-state index in [4.69, 9.17) is 23.7 Å². The Kier molecular flexibility index (Phi) is 4.53. The lowest BCUT2D eigenvalue weighted by molar-refractivity contribution is 0.407. The van der Waals surface area contributed by atoms with E-state index in [1.54, 1.807) is 7.11 Å². The van der Waals surface area contributed by atoms with Crippen molar-refractivity contribution in [1.29, 1.82) is 0 Å². The number of rotatable bonds is 2. The standard InChI is InChI=1S/C37H22N2O5/c1-40-23-14-15-27-31(20-23)44-35-19-22(18-34-37(35)39(27)26-10-4-7-13-30(26)43-34)21-16-32-36-33(17-21)42-29-12-6-3-9-25(29)38(36)24-8-2-5-11-28(24)41-32/h2-20H,1H3. The van der Waals surface area contributed by atoms with Crippen molar-refractivity contribution < 1.29 is 23.7 Å². The lowest BCUT2D eigenvalue weighted by Crippen LogP contribution is -2.20. The molecule has 4 aliphatic heterocycles. The van der Waals surface area contributed by atoms with Crippen molar-refractivity contribution in [2.24, 2.45) is 0 Å². The average molecular weight is 575 g/mol. The van der Waals surface area contributed by atoms with Gasteiger partial charge in [-0.1, -0.05) is 36.4 Å². The highest BCUT2D eigenvalue weighted by Gasteiger charge is 2.37. The van der Waals surface area contributed by atoms with Gasteiger partial charge in [0.15, 0.2) is 46.0 Å². The SMILES string of the molecule is COc1ccc2c(c1)Oc1cc(-c3cc4c5c(c3)Oc3ccccc3N5c3ccccc3O4)cc3c1N2c1ccccc1O3. The van der Waals surface area contributed by atoms with Gasteiger partial charge in [-0.2, -0.15) is 0 Å². The molecule has 0 unspecified atom stereocenters. The molecule has 0 N–H and O–H groups in total. The minimum Gasteiger partial charge on any atom is -0.497 e. The number of anilines is 6. The maximum atomic E-state index is 6.56. The van der Waals surface area contributed by atoms with E-state index < -0.39 is 0 Å². The third kappa shape index (κ3) is 3.15. The van der Waals surface area contributed by atoms with Crippen molar-refractivity contribution in [2.75, 3.05) is 16.9 Å². The Labute approximate surface area is 252 Å². The summed E-state index contributed by atoms with van der Waals surface area (Å²) in [7, 11) is 1.66. The molecule has 7 heteroatoms. The topological polar surface area (TPSA) is 52.6 Å². The van der Waals surface area contributed by atoms with E-state index in [2.05, 4.69) is 46.2 Å². The second-order valence-electron chi connectivity index (χ2n) is 11.0. The molecular formula is C37H22N2O5. The van der Waals surface area contributed by atoms with Crippen molar-refractivity contribution in [3.8, 4) is 62.9 Å². The zero-order valence-electron chi connectivity index (χ0n) is 23.4. The summed E-state index contributed by atoms with van der Waals surface area (Å²) in [5.74, 6) is 6.55. The van der Waals surface area contributed by atoms with Crippen LogP contribution in [0.15, 0.2) is 115 Å². The molecule has 0 fully saturated rings. The van der Waals surface area contributed by atoms with Crippen LogP contribution in [0.1, 0.15) is 0 Å². The minimum absolute atomic E-state index is 0.679. The first-order valence-corrected chi connectivity index (χ1v) is 14.4. The molecule has 7 nitrogen and oxygen atoms in total. The van der Waals surface area contributed by atoms with Crippen LogP contribution >= 0.6 is 0 Å². The lowest BCUT2D eigenvalue weighted by Gasteiger charge is -2.39. The Balaban J connectivity index is 1.17. The van der Waals surface area contributed by atoms with Gasteiger partial charge in [0.1, 0.15) is 17.1 Å². The predicted molar refractivity (Wildman–Crippen MR) is 168 cm³/mol. The summed E-state index contributed by atoms with van der Waals surface area (Å²) in [6.07, 6.45) is 0. The van der Waals surface area contributed by atoms with E-state index in [9.17, 15) is 0 Å². The molecule has 0 spiro atoms. The number of para-hydroxylation sites is 6. The average Bonchev–Trinajstić information content (AvgIpc) is 3.07. The molecule has 0 radical (unpaired) electrons. The third-order valence-corrected chi connectivity index (χ3v) is 8.47. The van der Waals surface area contributed by atoms with E-state index in [1.165, 1.54) is 0 Å². The van der Waals surface area contributed by atoms with Crippen LogP contribution < -0.4 is 33.5 Å². The van der Waals surface area contributed by atoms with Crippen molar-refractivity contribution in [1.82, 2.24) is 0 Å². The van der Waals surface area contributed by atoms with Crippen molar-refractivity contribution in [3.05, 3.63) is 115 Å². The van der Waals surface area contributed by atoms with Crippen LogP contribution in [-0.2, 0) is 0 Å². The molecule has 6 aromatic carbocycles. The number of ether oxygens (including phenoxy) is 5. The summed E-state index contributed by atoms with van der Waals surface area (Å²) >= 11 is 0. The molecule has 0 aromatic heterocycles. The molecule has 0 atom stereocenters. The van der Waals surface area contributed by atoms with Crippen molar-refractivity contribution in [2.45, 2.75) is 0 Å². The summed E-state index contributed by atoms with van der Waals surface area (Å²) in [6, 6.07) is 38.2. The van der Waals surface area contributed by atoms with Crippen LogP contribution in [0.5, 0.6) is 51.7 Å². The number of benzene rings is 6. The summed E-state index contributed by atoms with van der Waals surface area (Å²) < 4.78 is 31.6. The zero-order valence-corrected chi connectivity index (χ0v) is 23.4. The van der Waals surface area contributed by atoms with Gasteiger partial charge in [0.25, 0.3) is 0 Å². The molecule has 0 saturated carbocycles. The number of fused-ring (bicyclic) bond motifs is 8. The van der Waals surface area contributed by atoms with Gasteiger partial charge >= 0.3 is 0 Å². The minimum atomic E-state index is 0.679. The fraction of sp³-hybridized carbons (Fsp3) is 0.0270. The molecule has 4 aliphatic rings. The number of hydrogen-bond acceptors (Lipinski definition) is 7. The molecule has 210 valence electrons. The normalized spacial score (nSPS) is 13.8. The third-order valence-electron chi connectivity index (χ3n) is 8.47. The van der Waals surface area contributed by atoms with E-state index in [1.807, 2.05) is 78.9 Å². The van der Waals surface area contributed by atoms with E-state index >= 15 is 0 Å². The summed E-state index contributed by atoms with van der Waals surface area (Å²) in [5.41, 5.74) is 7.34. The van der Waals surface area contributed by atoms with Crippen LogP contribution in [0.4, 0.5) is 34.1 Å². The Morgan fingerprint density at radius 1 is 0.409 bits per heavy atom. The number of hydrogen-bond donors (Lipinski definition) is 0. The number of methoxy groups -OCH3 is 1. The highest BCUT2D eigenvalue weighted by molar-refractivity contribution is 5.98. The van der Waals surface area contributed by atoms with Gasteiger partial charge in [0, 0.05) is 6.07 Å². The largest absolute Gasteiger partial charge is 0.497 e. The van der Waals surface area contributed by atoms with Gasteiger partial charge in [0.05, 0.1) is 29.9 Å². The lowest BCUT2D eigenvalue weighted by atomic mass is 9.98. The first kappa shape index (κ1) is 23.5. The van der Waals surface area contributed by atoms with Crippen LogP contribution in [0.2, 0.25) is 0 Å². The maximum Gasteiger partial charge on any atom is 0.156 e. The fourth-order valence-electron chi connectivity index (χ4n) is 6.54. The molecule has 10 rings (SSSR count). The Morgan fingerprint density at radius 2 is 0.795 bits per heavy atom. The molecule has 6 aromatic rings. The first-order chi connectivity index (χ1) is 21.7. The molecular weight excluding hydrogens is 552 g/mol. The van der Waals surface area contributed by atoms with Gasteiger partial charge in [-0.25, -0.2) is 0 Å². The van der Waals surface area contributed by atoms with E-state index in [0.717, 1.165) is 68.2 Å². The first-order valence-electron chi connectivity index (χ1n) is 14.4. The second kappa shape index (κ2) is 8.49.